The van der Waals surface area contributed by atoms with Gasteiger partial charge in [0.2, 0.25) is 0 Å². The largest absolute Gasteiger partial charge is 0.472 e. The standard InChI is InChI=1S/C46H78NO10P/c1-8-30-43-39(3)40(4)44(57-43)32-27-23-20-21-25-29-34-46(50)56-42(38-55-58(51,52)54-36-35-47(5,6)7)37-53-45(49)33-28-24-19-17-15-13-11-10-12-14-16-18-22-26-31-41(48)9-2/h11-14,17-19,22,41-42,48H,8-10,15-16,20-21,23-38H2,1-7H3/p+1/b13-11-,14-12-,19-17-,22-18-/t41-,42+/m0/s1. The zero-order chi connectivity index (χ0) is 43.1. The van der Waals surface area contributed by atoms with Crippen LogP contribution in [0.2, 0.25) is 0 Å². The number of aliphatic hydroxyl groups excluding tert-OH is 1. The molecule has 0 aliphatic carbocycles. The first-order valence-corrected chi connectivity index (χ1v) is 23.3. The van der Waals surface area contributed by atoms with Crippen molar-refractivity contribution >= 4 is 19.8 Å². The van der Waals surface area contributed by atoms with Crippen molar-refractivity contribution in [3.05, 3.63) is 71.3 Å². The summed E-state index contributed by atoms with van der Waals surface area (Å²) in [4.78, 5) is 35.4. The van der Waals surface area contributed by atoms with Gasteiger partial charge in [0.25, 0.3) is 0 Å². The van der Waals surface area contributed by atoms with E-state index in [4.69, 9.17) is 22.9 Å². The van der Waals surface area contributed by atoms with Crippen LogP contribution in [-0.2, 0) is 45.5 Å². The van der Waals surface area contributed by atoms with Crippen molar-refractivity contribution in [1.82, 2.24) is 0 Å². The van der Waals surface area contributed by atoms with Crippen LogP contribution < -0.4 is 0 Å². The molecule has 0 aliphatic heterocycles. The summed E-state index contributed by atoms with van der Waals surface area (Å²) in [6.07, 6.45) is 31.1. The van der Waals surface area contributed by atoms with E-state index in [2.05, 4.69) is 63.3 Å². The maximum atomic E-state index is 12.7. The number of quaternary nitrogens is 1. The number of hydrogen-bond acceptors (Lipinski definition) is 9. The number of aliphatic hydroxyl groups is 1. The Labute approximate surface area is 351 Å². The molecule has 2 N–H and O–H groups in total. The van der Waals surface area contributed by atoms with E-state index in [0.29, 0.717) is 30.3 Å². The number of rotatable bonds is 35. The maximum Gasteiger partial charge on any atom is 0.472 e. The van der Waals surface area contributed by atoms with Crippen LogP contribution in [0, 0.1) is 13.8 Å². The monoisotopic (exact) mass is 837 g/mol. The molecule has 3 atom stereocenters. The molecule has 0 amide bonds. The van der Waals surface area contributed by atoms with Gasteiger partial charge in [0.15, 0.2) is 6.10 Å². The molecule has 0 spiro atoms. The van der Waals surface area contributed by atoms with Crippen molar-refractivity contribution in [2.75, 3.05) is 47.5 Å². The van der Waals surface area contributed by atoms with E-state index in [1.807, 2.05) is 34.1 Å². The number of unbranched alkanes of at least 4 members (excludes halogenated alkanes) is 6. The summed E-state index contributed by atoms with van der Waals surface area (Å²) < 4.78 is 40.4. The van der Waals surface area contributed by atoms with E-state index < -0.39 is 32.5 Å². The average Bonchev–Trinajstić information content (AvgIpc) is 3.43. The van der Waals surface area contributed by atoms with E-state index in [9.17, 15) is 24.2 Å². The molecule has 1 unspecified atom stereocenters. The highest BCUT2D eigenvalue weighted by molar-refractivity contribution is 7.47. The van der Waals surface area contributed by atoms with Crippen molar-refractivity contribution in [3.8, 4) is 0 Å². The molecule has 0 fully saturated rings. The number of esters is 2. The molecule has 1 heterocycles. The van der Waals surface area contributed by atoms with E-state index in [1.54, 1.807) is 0 Å². The number of phosphoric acid groups is 1. The lowest BCUT2D eigenvalue weighted by molar-refractivity contribution is -0.870. The van der Waals surface area contributed by atoms with Crippen molar-refractivity contribution in [1.29, 1.82) is 0 Å². The highest BCUT2D eigenvalue weighted by Gasteiger charge is 2.27. The van der Waals surface area contributed by atoms with Crippen LogP contribution >= 0.6 is 7.82 Å². The quantitative estimate of drug-likeness (QED) is 0.0223. The van der Waals surface area contributed by atoms with Gasteiger partial charge in [0.05, 0.1) is 33.9 Å². The SMILES string of the molecule is CCCc1oc(CCCCCCCCC(=O)O[C@H](COC(=O)CCC/C=C\C/C=C\C/C=C\C/C=C\CC[C@@H](O)CC)COP(=O)(O)OCC[N+](C)(C)C)c(C)c1C. The van der Waals surface area contributed by atoms with Crippen LogP contribution in [0.25, 0.3) is 0 Å². The average molecular weight is 837 g/mol. The van der Waals surface area contributed by atoms with Crippen LogP contribution in [0.1, 0.15) is 146 Å². The molecule has 0 saturated carbocycles. The Morgan fingerprint density at radius 1 is 0.724 bits per heavy atom. The highest BCUT2D eigenvalue weighted by atomic mass is 31.2. The minimum absolute atomic E-state index is 0.00619. The van der Waals surface area contributed by atoms with Gasteiger partial charge in [-0.1, -0.05) is 88.1 Å². The molecule has 0 radical (unpaired) electrons. The second-order valence-electron chi connectivity index (χ2n) is 16.1. The Morgan fingerprint density at radius 3 is 1.88 bits per heavy atom. The van der Waals surface area contributed by atoms with E-state index in [1.165, 1.54) is 11.1 Å². The second kappa shape index (κ2) is 32.0. The first-order chi connectivity index (χ1) is 27.7. The molecule has 0 aliphatic rings. The second-order valence-corrected chi connectivity index (χ2v) is 17.6. The van der Waals surface area contributed by atoms with Crippen LogP contribution in [0.4, 0.5) is 0 Å². The Bertz CT molecular complexity index is 1420. The summed E-state index contributed by atoms with van der Waals surface area (Å²) in [5.41, 5.74) is 2.56. The third kappa shape index (κ3) is 28.6. The molecule has 0 saturated heterocycles. The number of furan rings is 1. The maximum absolute atomic E-state index is 12.7. The van der Waals surface area contributed by atoms with Crippen molar-refractivity contribution in [3.63, 3.8) is 0 Å². The van der Waals surface area contributed by atoms with E-state index in [0.717, 1.165) is 101 Å². The smallest absolute Gasteiger partial charge is 0.466 e. The minimum atomic E-state index is -4.41. The summed E-state index contributed by atoms with van der Waals surface area (Å²) in [5.74, 6) is 1.30. The molecular formula is C46H79NO10P+. The normalized spacial score (nSPS) is 14.6. The van der Waals surface area contributed by atoms with Gasteiger partial charge < -0.3 is 28.4 Å². The number of likely N-dealkylation sites (N-methyl/N-ethyl adjacent to an activating group) is 1. The van der Waals surface area contributed by atoms with Gasteiger partial charge in [-0.25, -0.2) is 4.57 Å². The highest BCUT2D eigenvalue weighted by Crippen LogP contribution is 2.43. The number of carbonyl (C=O) groups excluding carboxylic acids is 2. The van der Waals surface area contributed by atoms with E-state index >= 15 is 0 Å². The van der Waals surface area contributed by atoms with Gasteiger partial charge in [-0.15, -0.1) is 0 Å². The van der Waals surface area contributed by atoms with Crippen LogP contribution in [0.5, 0.6) is 0 Å². The molecule has 12 heteroatoms. The Hall–Kier alpha value is -2.79. The molecule has 58 heavy (non-hydrogen) atoms. The summed E-state index contributed by atoms with van der Waals surface area (Å²) in [5, 5.41) is 9.57. The number of ether oxygens (including phenoxy) is 2. The predicted octanol–water partition coefficient (Wildman–Crippen LogP) is 10.5. The van der Waals surface area contributed by atoms with Gasteiger partial charge in [0, 0.05) is 25.7 Å². The lowest BCUT2D eigenvalue weighted by Crippen LogP contribution is -2.37. The Kier molecular flexibility index (Phi) is 29.4. The molecule has 1 aromatic rings. The van der Waals surface area contributed by atoms with Gasteiger partial charge in [-0.2, -0.15) is 0 Å². The van der Waals surface area contributed by atoms with Crippen molar-refractivity contribution in [2.45, 2.75) is 162 Å². The molecule has 1 aromatic heterocycles. The molecule has 332 valence electrons. The summed E-state index contributed by atoms with van der Waals surface area (Å²) in [6, 6.07) is 0. The number of allylic oxidation sites excluding steroid dienone is 8. The topological polar surface area (TPSA) is 142 Å². The van der Waals surface area contributed by atoms with Crippen LogP contribution in [0.3, 0.4) is 0 Å². The van der Waals surface area contributed by atoms with E-state index in [-0.39, 0.29) is 32.2 Å². The third-order valence-electron chi connectivity index (χ3n) is 9.70. The fraction of sp³-hybridized carbons (Fsp3) is 0.696. The minimum Gasteiger partial charge on any atom is -0.466 e. The number of phosphoric ester groups is 1. The molecule has 0 aromatic carbocycles. The summed E-state index contributed by atoms with van der Waals surface area (Å²) in [6.45, 7) is 8.21. The molecule has 11 nitrogen and oxygen atoms in total. The first-order valence-electron chi connectivity index (χ1n) is 21.8. The number of aryl methyl sites for hydroxylation is 2. The van der Waals surface area contributed by atoms with Crippen molar-refractivity contribution in [2.24, 2.45) is 0 Å². The third-order valence-corrected chi connectivity index (χ3v) is 10.7. The number of nitrogens with zero attached hydrogens (tertiary/aromatic N) is 1. The summed E-state index contributed by atoms with van der Waals surface area (Å²) in [7, 11) is 1.39. The predicted molar refractivity (Wildman–Crippen MR) is 233 cm³/mol. The number of carbonyl (C=O) groups is 2. The Morgan fingerprint density at radius 2 is 1.28 bits per heavy atom. The Balaban J connectivity index is 2.41. The van der Waals surface area contributed by atoms with Gasteiger partial charge in [0.1, 0.15) is 31.3 Å². The zero-order valence-electron chi connectivity index (χ0n) is 37.1. The molecular weight excluding hydrogens is 757 g/mol. The fourth-order valence-electron chi connectivity index (χ4n) is 5.86. The lowest BCUT2D eigenvalue weighted by atomic mass is 10.0. The molecule has 1 rings (SSSR count). The lowest BCUT2D eigenvalue weighted by Gasteiger charge is -2.24. The zero-order valence-corrected chi connectivity index (χ0v) is 38.0. The first kappa shape index (κ1) is 53.2. The fourth-order valence-corrected chi connectivity index (χ4v) is 6.60. The van der Waals surface area contributed by atoms with Crippen LogP contribution in [-0.4, -0.2) is 86.1 Å². The summed E-state index contributed by atoms with van der Waals surface area (Å²) >= 11 is 0. The van der Waals surface area contributed by atoms with Gasteiger partial charge in [-0.3, -0.25) is 18.6 Å². The van der Waals surface area contributed by atoms with Crippen molar-refractivity contribution < 1.29 is 51.6 Å². The van der Waals surface area contributed by atoms with Gasteiger partial charge >= 0.3 is 19.8 Å². The van der Waals surface area contributed by atoms with Crippen LogP contribution in [0.15, 0.2) is 53.0 Å². The van der Waals surface area contributed by atoms with Gasteiger partial charge in [-0.05, 0) is 95.6 Å². The molecule has 0 bridgehead atoms. The number of hydrogen-bond donors (Lipinski definition) is 2.